The van der Waals surface area contributed by atoms with Crippen molar-refractivity contribution in [1.82, 2.24) is 10.3 Å². The van der Waals surface area contributed by atoms with E-state index in [2.05, 4.69) is 38.4 Å². The van der Waals surface area contributed by atoms with Crippen molar-refractivity contribution in [2.45, 2.75) is 83.7 Å². The minimum Gasteiger partial charge on any atom is -0.305 e. The lowest BCUT2D eigenvalue weighted by atomic mass is 9.93. The van der Waals surface area contributed by atoms with Crippen LogP contribution in [0.2, 0.25) is 0 Å². The average molecular weight is 280 g/mol. The molecule has 2 nitrogen and oxygen atoms in total. The van der Waals surface area contributed by atoms with Gasteiger partial charge in [0.05, 0.1) is 11.7 Å². The van der Waals surface area contributed by atoms with Crippen molar-refractivity contribution < 1.29 is 0 Å². The van der Waals surface area contributed by atoms with Crippen LogP contribution in [0.5, 0.6) is 0 Å². The van der Waals surface area contributed by atoms with E-state index in [-0.39, 0.29) is 5.41 Å². The van der Waals surface area contributed by atoms with Gasteiger partial charge in [-0.15, -0.1) is 11.3 Å². The highest BCUT2D eigenvalue weighted by Crippen LogP contribution is 2.31. The van der Waals surface area contributed by atoms with Gasteiger partial charge in [0.15, 0.2) is 0 Å². The van der Waals surface area contributed by atoms with Gasteiger partial charge in [-0.1, -0.05) is 47.0 Å². The van der Waals surface area contributed by atoms with Gasteiger partial charge in [0, 0.05) is 16.8 Å². The second kappa shape index (κ2) is 6.36. The van der Waals surface area contributed by atoms with E-state index >= 15 is 0 Å². The highest BCUT2D eigenvalue weighted by molar-refractivity contribution is 7.09. The van der Waals surface area contributed by atoms with E-state index in [4.69, 9.17) is 4.98 Å². The van der Waals surface area contributed by atoms with E-state index in [0.717, 1.165) is 6.04 Å². The molecule has 1 atom stereocenters. The molecule has 0 saturated heterocycles. The number of hydrogen-bond donors (Lipinski definition) is 1. The summed E-state index contributed by atoms with van der Waals surface area (Å²) in [5, 5.41) is 7.32. The number of thiazole rings is 1. The van der Waals surface area contributed by atoms with Crippen molar-refractivity contribution in [3.8, 4) is 0 Å². The van der Waals surface area contributed by atoms with Crippen molar-refractivity contribution >= 4 is 11.3 Å². The summed E-state index contributed by atoms with van der Waals surface area (Å²) in [6, 6.07) is 1.24. The molecule has 1 aliphatic rings. The molecule has 0 bridgehead atoms. The highest BCUT2D eigenvalue weighted by atomic mass is 32.1. The lowest BCUT2D eigenvalue weighted by molar-refractivity contribution is 0.466. The Kier molecular flexibility index (Phi) is 5.02. The Morgan fingerprint density at radius 2 is 2.11 bits per heavy atom. The standard InChI is InChI=1S/C16H28N2S/c1-5-6-7-8-13(17-12-9-10-12)15-18-14(11-19-15)16(2,3)4/h11-13,17H,5-10H2,1-4H3. The quantitative estimate of drug-likeness (QED) is 0.725. The Labute approximate surface area is 122 Å². The first kappa shape index (κ1) is 15.0. The predicted octanol–water partition coefficient (Wildman–Crippen LogP) is 4.81. The molecule has 0 spiro atoms. The minimum atomic E-state index is 0.169. The van der Waals surface area contributed by atoms with E-state index in [9.17, 15) is 0 Å². The van der Waals surface area contributed by atoms with E-state index in [1.165, 1.54) is 49.2 Å². The van der Waals surface area contributed by atoms with E-state index in [1.54, 1.807) is 0 Å². The first-order chi connectivity index (χ1) is 9.00. The summed E-state index contributed by atoms with van der Waals surface area (Å²) in [5.74, 6) is 0. The summed E-state index contributed by atoms with van der Waals surface area (Å²) < 4.78 is 0. The number of aromatic nitrogens is 1. The van der Waals surface area contributed by atoms with Crippen LogP contribution in [0.3, 0.4) is 0 Å². The maximum Gasteiger partial charge on any atom is 0.110 e. The summed E-state index contributed by atoms with van der Waals surface area (Å²) in [6.45, 7) is 9.00. The normalized spacial score (nSPS) is 17.7. The van der Waals surface area contributed by atoms with Crippen molar-refractivity contribution in [2.75, 3.05) is 0 Å². The molecule has 1 aliphatic carbocycles. The van der Waals surface area contributed by atoms with Crippen LogP contribution in [0.25, 0.3) is 0 Å². The third-order valence-electron chi connectivity index (χ3n) is 3.70. The Hall–Kier alpha value is -0.410. The third-order valence-corrected chi connectivity index (χ3v) is 4.66. The Bertz CT molecular complexity index is 388. The Morgan fingerprint density at radius 3 is 2.63 bits per heavy atom. The molecule has 1 unspecified atom stereocenters. The Balaban J connectivity index is 2.01. The topological polar surface area (TPSA) is 24.9 Å². The van der Waals surface area contributed by atoms with E-state index in [0.29, 0.717) is 6.04 Å². The lowest BCUT2D eigenvalue weighted by Gasteiger charge is -2.17. The zero-order chi connectivity index (χ0) is 13.9. The highest BCUT2D eigenvalue weighted by Gasteiger charge is 2.27. The second-order valence-electron chi connectivity index (χ2n) is 6.81. The van der Waals surface area contributed by atoms with Gasteiger partial charge >= 0.3 is 0 Å². The summed E-state index contributed by atoms with van der Waals surface area (Å²) in [4.78, 5) is 4.90. The van der Waals surface area contributed by atoms with Crippen LogP contribution in [0.4, 0.5) is 0 Å². The van der Waals surface area contributed by atoms with Crippen molar-refractivity contribution in [3.63, 3.8) is 0 Å². The first-order valence-corrected chi connectivity index (χ1v) is 8.60. The summed E-state index contributed by atoms with van der Waals surface area (Å²) >= 11 is 1.84. The predicted molar refractivity (Wildman–Crippen MR) is 83.9 cm³/mol. The van der Waals surface area contributed by atoms with Crippen LogP contribution < -0.4 is 5.32 Å². The van der Waals surface area contributed by atoms with E-state index in [1.807, 2.05) is 11.3 Å². The molecular weight excluding hydrogens is 252 g/mol. The molecule has 1 fully saturated rings. The SMILES string of the molecule is CCCCCC(NC1CC1)c1nc(C(C)(C)C)cs1. The summed E-state index contributed by atoms with van der Waals surface area (Å²) in [7, 11) is 0. The number of rotatable bonds is 7. The van der Waals surface area contributed by atoms with Gasteiger partial charge in [0.2, 0.25) is 0 Å². The summed E-state index contributed by atoms with van der Waals surface area (Å²) in [6.07, 6.45) is 7.87. The molecular formula is C16H28N2S. The maximum absolute atomic E-state index is 4.90. The molecule has 1 aromatic heterocycles. The fraction of sp³-hybridized carbons (Fsp3) is 0.812. The minimum absolute atomic E-state index is 0.169. The molecule has 1 N–H and O–H groups in total. The van der Waals surface area contributed by atoms with Crippen molar-refractivity contribution in [1.29, 1.82) is 0 Å². The largest absolute Gasteiger partial charge is 0.305 e. The summed E-state index contributed by atoms with van der Waals surface area (Å²) in [5.41, 5.74) is 1.41. The lowest BCUT2D eigenvalue weighted by Crippen LogP contribution is -2.23. The van der Waals surface area contributed by atoms with Crippen LogP contribution in [0, 0.1) is 0 Å². The molecule has 108 valence electrons. The molecule has 2 rings (SSSR count). The zero-order valence-electron chi connectivity index (χ0n) is 12.8. The molecule has 0 aliphatic heterocycles. The van der Waals surface area contributed by atoms with Crippen LogP contribution in [0.15, 0.2) is 5.38 Å². The van der Waals surface area contributed by atoms with Gasteiger partial charge in [0.25, 0.3) is 0 Å². The smallest absolute Gasteiger partial charge is 0.110 e. The number of unbranched alkanes of at least 4 members (excludes halogenated alkanes) is 2. The number of hydrogen-bond acceptors (Lipinski definition) is 3. The maximum atomic E-state index is 4.90. The average Bonchev–Trinajstić information content (AvgIpc) is 3.00. The first-order valence-electron chi connectivity index (χ1n) is 7.72. The Morgan fingerprint density at radius 1 is 1.37 bits per heavy atom. The van der Waals surface area contributed by atoms with Gasteiger partial charge in [-0.3, -0.25) is 0 Å². The van der Waals surface area contributed by atoms with Crippen LogP contribution in [-0.2, 0) is 5.41 Å². The molecule has 1 heterocycles. The van der Waals surface area contributed by atoms with Crippen LogP contribution >= 0.6 is 11.3 Å². The van der Waals surface area contributed by atoms with Crippen LogP contribution in [0.1, 0.15) is 83.0 Å². The zero-order valence-corrected chi connectivity index (χ0v) is 13.6. The third kappa shape index (κ3) is 4.57. The molecule has 1 aromatic rings. The molecule has 1 saturated carbocycles. The molecule has 0 radical (unpaired) electrons. The fourth-order valence-corrected chi connectivity index (χ4v) is 3.34. The number of nitrogens with zero attached hydrogens (tertiary/aromatic N) is 1. The molecule has 0 aromatic carbocycles. The van der Waals surface area contributed by atoms with Crippen molar-refractivity contribution in [3.05, 3.63) is 16.1 Å². The van der Waals surface area contributed by atoms with Gasteiger partial charge < -0.3 is 5.32 Å². The van der Waals surface area contributed by atoms with Gasteiger partial charge in [-0.2, -0.15) is 0 Å². The number of nitrogens with one attached hydrogen (secondary N) is 1. The van der Waals surface area contributed by atoms with Gasteiger partial charge in [0.1, 0.15) is 5.01 Å². The second-order valence-corrected chi connectivity index (χ2v) is 7.70. The fourth-order valence-electron chi connectivity index (χ4n) is 2.20. The van der Waals surface area contributed by atoms with Crippen LogP contribution in [-0.4, -0.2) is 11.0 Å². The van der Waals surface area contributed by atoms with Gasteiger partial charge in [-0.25, -0.2) is 4.98 Å². The van der Waals surface area contributed by atoms with E-state index < -0.39 is 0 Å². The molecule has 19 heavy (non-hydrogen) atoms. The van der Waals surface area contributed by atoms with Crippen molar-refractivity contribution in [2.24, 2.45) is 0 Å². The van der Waals surface area contributed by atoms with Gasteiger partial charge in [-0.05, 0) is 19.3 Å². The monoisotopic (exact) mass is 280 g/mol. The molecule has 3 heteroatoms. The molecule has 0 amide bonds.